The van der Waals surface area contributed by atoms with Gasteiger partial charge in [-0.3, -0.25) is 9.59 Å². The molecule has 8 heteroatoms. The molecule has 3 heterocycles. The molecule has 2 aliphatic heterocycles. The van der Waals surface area contributed by atoms with Gasteiger partial charge in [0.2, 0.25) is 5.91 Å². The summed E-state index contributed by atoms with van der Waals surface area (Å²) in [5.41, 5.74) is 2.71. The Labute approximate surface area is 155 Å². The van der Waals surface area contributed by atoms with Gasteiger partial charge < -0.3 is 10.1 Å². The zero-order chi connectivity index (χ0) is 18.5. The van der Waals surface area contributed by atoms with E-state index in [1.54, 1.807) is 11.4 Å². The first-order valence-electron chi connectivity index (χ1n) is 8.34. The first kappa shape index (κ1) is 17.2. The van der Waals surface area contributed by atoms with Gasteiger partial charge in [-0.15, -0.1) is 11.3 Å². The van der Waals surface area contributed by atoms with Crippen molar-refractivity contribution in [2.45, 2.75) is 31.1 Å². The Morgan fingerprint density at radius 2 is 2.19 bits per heavy atom. The van der Waals surface area contributed by atoms with Crippen molar-refractivity contribution >= 4 is 38.6 Å². The molecule has 1 atom stereocenters. The summed E-state index contributed by atoms with van der Waals surface area (Å²) >= 11 is 1.21. The molecule has 1 aromatic heterocycles. The van der Waals surface area contributed by atoms with Crippen molar-refractivity contribution < 1.29 is 18.5 Å². The Hall–Kier alpha value is -2.19. The van der Waals surface area contributed by atoms with Gasteiger partial charge >= 0.3 is 0 Å². The summed E-state index contributed by atoms with van der Waals surface area (Å²) in [5, 5.41) is 4.62. The molecule has 0 bridgehead atoms. The largest absolute Gasteiger partial charge is 0.493 e. The van der Waals surface area contributed by atoms with Crippen molar-refractivity contribution in [3.8, 4) is 5.75 Å². The molecule has 6 nitrogen and oxygen atoms in total. The number of fused-ring (bicyclic) bond motifs is 2. The van der Waals surface area contributed by atoms with Crippen molar-refractivity contribution in [2.24, 2.45) is 4.36 Å². The minimum absolute atomic E-state index is 0.214. The van der Waals surface area contributed by atoms with Gasteiger partial charge in [0.15, 0.2) is 0 Å². The van der Waals surface area contributed by atoms with Gasteiger partial charge in [-0.05, 0) is 29.0 Å². The summed E-state index contributed by atoms with van der Waals surface area (Å²) in [6, 6.07) is 5.50. The maximum Gasteiger partial charge on any atom is 0.296 e. The van der Waals surface area contributed by atoms with Gasteiger partial charge in [0, 0.05) is 12.0 Å². The van der Waals surface area contributed by atoms with Crippen LogP contribution >= 0.6 is 11.3 Å². The maximum atomic E-state index is 13.1. The van der Waals surface area contributed by atoms with Gasteiger partial charge in [0.1, 0.15) is 16.4 Å². The van der Waals surface area contributed by atoms with Crippen LogP contribution < -0.4 is 10.1 Å². The number of carbonyl (C=O) groups excluding carboxylic acids is 2. The van der Waals surface area contributed by atoms with Crippen LogP contribution in [0.4, 0.5) is 5.69 Å². The first-order valence-corrected chi connectivity index (χ1v) is 10.9. The molecule has 2 aromatic rings. The third kappa shape index (κ3) is 2.73. The van der Waals surface area contributed by atoms with E-state index < -0.39 is 21.5 Å². The van der Waals surface area contributed by atoms with E-state index in [1.165, 1.54) is 11.3 Å². The second-order valence-electron chi connectivity index (χ2n) is 6.60. The third-order valence-corrected chi connectivity index (χ3v) is 7.70. The third-order valence-electron chi connectivity index (χ3n) is 4.52. The van der Waals surface area contributed by atoms with Crippen molar-refractivity contribution in [3.63, 3.8) is 0 Å². The van der Waals surface area contributed by atoms with Crippen LogP contribution in [0.2, 0.25) is 0 Å². The van der Waals surface area contributed by atoms with E-state index >= 15 is 0 Å². The van der Waals surface area contributed by atoms with Gasteiger partial charge in [-0.1, -0.05) is 19.9 Å². The molecule has 1 aromatic carbocycles. The van der Waals surface area contributed by atoms with E-state index in [0.717, 1.165) is 29.0 Å². The lowest BCUT2D eigenvalue weighted by Gasteiger charge is -2.17. The van der Waals surface area contributed by atoms with Crippen molar-refractivity contribution in [3.05, 3.63) is 39.6 Å². The highest BCUT2D eigenvalue weighted by Gasteiger charge is 2.33. The zero-order valence-corrected chi connectivity index (χ0v) is 16.0. The molecule has 0 saturated heterocycles. The average Bonchev–Trinajstić information content (AvgIpc) is 3.27. The van der Waals surface area contributed by atoms with Gasteiger partial charge in [-0.25, -0.2) is 4.21 Å². The number of benzene rings is 1. The molecule has 0 aliphatic carbocycles. The number of anilines is 1. The summed E-state index contributed by atoms with van der Waals surface area (Å²) in [7, 11) is -3.04. The number of hydrogen-bond donors (Lipinski definition) is 1. The predicted octanol–water partition coefficient (Wildman–Crippen LogP) is 3.43. The number of nitrogens with one attached hydrogen (secondary N) is 1. The molecule has 2 amide bonds. The molecule has 4 rings (SSSR count). The van der Waals surface area contributed by atoms with Gasteiger partial charge in [0.25, 0.3) is 5.91 Å². The Kier molecular flexibility index (Phi) is 4.11. The lowest BCUT2D eigenvalue weighted by molar-refractivity contribution is -0.113. The number of thiophene rings is 1. The van der Waals surface area contributed by atoms with Crippen molar-refractivity contribution in [1.82, 2.24) is 0 Å². The number of carbonyl (C=O) groups is 2. The summed E-state index contributed by atoms with van der Waals surface area (Å²) in [5.74, 6) is -0.247. The normalized spacial score (nSPS) is 20.5. The molecule has 1 N–H and O–H groups in total. The van der Waals surface area contributed by atoms with Crippen LogP contribution in [0.3, 0.4) is 0 Å². The Morgan fingerprint density at radius 1 is 1.38 bits per heavy atom. The van der Waals surface area contributed by atoms with Crippen LogP contribution in [0.15, 0.2) is 32.8 Å². The molecule has 26 heavy (non-hydrogen) atoms. The second-order valence-corrected chi connectivity index (χ2v) is 9.71. The monoisotopic (exact) mass is 390 g/mol. The molecule has 0 spiro atoms. The quantitative estimate of drug-likeness (QED) is 0.867. The van der Waals surface area contributed by atoms with Crippen molar-refractivity contribution in [2.75, 3.05) is 17.7 Å². The first-order chi connectivity index (χ1) is 12.4. The fourth-order valence-electron chi connectivity index (χ4n) is 3.31. The summed E-state index contributed by atoms with van der Waals surface area (Å²) in [6.45, 7) is 4.69. The molecular weight excluding hydrogens is 372 g/mol. The van der Waals surface area contributed by atoms with Crippen LogP contribution in [0.5, 0.6) is 5.75 Å². The molecule has 136 valence electrons. The Morgan fingerprint density at radius 3 is 2.96 bits per heavy atom. The van der Waals surface area contributed by atoms with E-state index in [9.17, 15) is 13.8 Å². The number of nitrogens with zero attached hydrogens (tertiary/aromatic N) is 1. The van der Waals surface area contributed by atoms with Crippen LogP contribution in [0.25, 0.3) is 0 Å². The standard InChI is InChI=1S/C18H18N2O4S2/c1-10(2)11-3-4-13-12(5-7-24-13)16(11)19-15(21)9-26(23)14-6-8-25-17(14)18(22)20-26/h3-4,6,8,10H,5,7,9H2,1-2H3,(H,19,21). The maximum absolute atomic E-state index is 13.1. The SMILES string of the molecule is CC(C)c1ccc2c(c1NC(=O)CS1(=O)=NC(=O)c3sccc31)CCO2. The zero-order valence-electron chi connectivity index (χ0n) is 14.4. The van der Waals surface area contributed by atoms with Crippen molar-refractivity contribution in [1.29, 1.82) is 0 Å². The minimum atomic E-state index is -3.04. The molecule has 0 radical (unpaired) electrons. The fraction of sp³-hybridized carbons (Fsp3) is 0.333. The van der Waals surface area contributed by atoms with Crippen LogP contribution in [-0.4, -0.2) is 28.4 Å². The number of rotatable bonds is 4. The smallest absolute Gasteiger partial charge is 0.296 e. The minimum Gasteiger partial charge on any atom is -0.493 e. The van der Waals surface area contributed by atoms with Crippen LogP contribution in [0.1, 0.15) is 40.6 Å². The molecule has 2 aliphatic rings. The summed E-state index contributed by atoms with van der Waals surface area (Å²) in [6.07, 6.45) is 0.721. The van der Waals surface area contributed by atoms with E-state index in [4.69, 9.17) is 4.74 Å². The van der Waals surface area contributed by atoms with E-state index in [0.29, 0.717) is 16.4 Å². The average molecular weight is 390 g/mol. The highest BCUT2D eigenvalue weighted by atomic mass is 32.2. The Balaban J connectivity index is 1.65. The van der Waals surface area contributed by atoms with Crippen LogP contribution in [-0.2, 0) is 20.9 Å². The molecule has 0 fully saturated rings. The fourth-order valence-corrected chi connectivity index (χ4v) is 6.43. The van der Waals surface area contributed by atoms with E-state index in [2.05, 4.69) is 23.5 Å². The molecule has 1 unspecified atom stereocenters. The number of ether oxygens (including phenoxy) is 1. The molecular formula is C18H18N2O4S2. The summed E-state index contributed by atoms with van der Waals surface area (Å²) < 4.78 is 22.4. The highest BCUT2D eigenvalue weighted by molar-refractivity contribution is 7.95. The van der Waals surface area contributed by atoms with Gasteiger partial charge in [0.05, 0.1) is 26.9 Å². The van der Waals surface area contributed by atoms with Gasteiger partial charge in [-0.2, -0.15) is 4.36 Å². The Bertz CT molecular complexity index is 1050. The molecule has 0 saturated carbocycles. The van der Waals surface area contributed by atoms with E-state index in [-0.39, 0.29) is 11.7 Å². The lowest BCUT2D eigenvalue weighted by atomic mass is 9.96. The number of amides is 2. The lowest BCUT2D eigenvalue weighted by Crippen LogP contribution is -2.23. The predicted molar refractivity (Wildman–Crippen MR) is 101 cm³/mol. The van der Waals surface area contributed by atoms with Crippen LogP contribution in [0, 0.1) is 0 Å². The summed E-state index contributed by atoms with van der Waals surface area (Å²) in [4.78, 5) is 25.3. The number of hydrogen-bond acceptors (Lipinski definition) is 5. The highest BCUT2D eigenvalue weighted by Crippen LogP contribution is 2.38. The second kappa shape index (κ2) is 6.21. The van der Waals surface area contributed by atoms with E-state index in [1.807, 2.05) is 12.1 Å². The topological polar surface area (TPSA) is 84.8 Å².